The molecule has 1 aliphatic rings. The number of carbonyl (C=O) groups excluding carboxylic acids is 2. The van der Waals surface area contributed by atoms with E-state index in [-0.39, 0.29) is 30.1 Å². The second-order valence-electron chi connectivity index (χ2n) is 6.35. The van der Waals surface area contributed by atoms with Gasteiger partial charge in [0.05, 0.1) is 6.54 Å². The maximum Gasteiger partial charge on any atom is 0.253 e. The molecule has 0 unspecified atom stereocenters. The second kappa shape index (κ2) is 7.99. The monoisotopic (exact) mass is 356 g/mol. The van der Waals surface area contributed by atoms with Gasteiger partial charge in [0.25, 0.3) is 5.91 Å². The molecule has 2 amide bonds. The molecule has 1 aliphatic carbocycles. The minimum absolute atomic E-state index is 0.0338. The average molecular weight is 356 g/mol. The highest BCUT2D eigenvalue weighted by atomic mass is 19.1. The lowest BCUT2D eigenvalue weighted by Crippen LogP contribution is -2.30. The Kier molecular flexibility index (Phi) is 5.51. The molecular formula is C20H21FN2O3. The molecule has 0 aliphatic heterocycles. The summed E-state index contributed by atoms with van der Waals surface area (Å²) in [6.45, 7) is 0.520. The number of nitrogens with zero attached hydrogens (tertiary/aromatic N) is 1. The predicted molar refractivity (Wildman–Crippen MR) is 96.7 cm³/mol. The summed E-state index contributed by atoms with van der Waals surface area (Å²) in [4.78, 5) is 25.7. The van der Waals surface area contributed by atoms with Crippen LogP contribution >= 0.6 is 0 Å². The number of ether oxygens (including phenoxy) is 1. The van der Waals surface area contributed by atoms with E-state index in [0.717, 1.165) is 12.8 Å². The number of para-hydroxylation sites is 1. The first-order valence-electron chi connectivity index (χ1n) is 8.58. The van der Waals surface area contributed by atoms with E-state index in [1.807, 2.05) is 0 Å². The van der Waals surface area contributed by atoms with Crippen molar-refractivity contribution in [3.8, 4) is 5.75 Å². The van der Waals surface area contributed by atoms with Crippen molar-refractivity contribution in [1.29, 1.82) is 0 Å². The zero-order valence-electron chi connectivity index (χ0n) is 14.6. The second-order valence-corrected chi connectivity index (χ2v) is 6.35. The van der Waals surface area contributed by atoms with Crippen LogP contribution in [-0.4, -0.2) is 36.9 Å². The lowest BCUT2D eigenvalue weighted by Gasteiger charge is -2.18. The van der Waals surface area contributed by atoms with Gasteiger partial charge in [-0.15, -0.1) is 0 Å². The van der Waals surface area contributed by atoms with Gasteiger partial charge in [0, 0.05) is 24.2 Å². The van der Waals surface area contributed by atoms with Crippen molar-refractivity contribution in [2.45, 2.75) is 12.8 Å². The zero-order valence-corrected chi connectivity index (χ0v) is 14.6. The molecule has 0 bridgehead atoms. The van der Waals surface area contributed by atoms with E-state index in [2.05, 4.69) is 5.32 Å². The molecular weight excluding hydrogens is 335 g/mol. The summed E-state index contributed by atoms with van der Waals surface area (Å²) in [6, 6.07) is 13.0. The number of likely N-dealkylation sites (N-methyl/N-ethyl adjacent to an activating group) is 1. The first-order chi connectivity index (χ1) is 12.5. The molecule has 136 valence electrons. The van der Waals surface area contributed by atoms with E-state index in [4.69, 9.17) is 4.74 Å². The molecule has 5 nitrogen and oxygen atoms in total. The highest BCUT2D eigenvalue weighted by Crippen LogP contribution is 2.30. The number of hydrogen-bond donors (Lipinski definition) is 1. The molecule has 0 radical (unpaired) electrons. The van der Waals surface area contributed by atoms with Gasteiger partial charge in [-0.2, -0.15) is 0 Å². The van der Waals surface area contributed by atoms with E-state index in [9.17, 15) is 14.0 Å². The van der Waals surface area contributed by atoms with Gasteiger partial charge >= 0.3 is 0 Å². The van der Waals surface area contributed by atoms with E-state index in [0.29, 0.717) is 17.8 Å². The summed E-state index contributed by atoms with van der Waals surface area (Å²) in [5.74, 6) is -0.250. The first-order valence-corrected chi connectivity index (χ1v) is 8.58. The molecule has 2 aromatic carbocycles. The number of rotatable bonds is 7. The third-order valence-electron chi connectivity index (χ3n) is 4.22. The van der Waals surface area contributed by atoms with Gasteiger partial charge in [-0.1, -0.05) is 12.1 Å². The average Bonchev–Trinajstić information content (AvgIpc) is 3.48. The molecule has 0 saturated heterocycles. The first kappa shape index (κ1) is 17.9. The van der Waals surface area contributed by atoms with Gasteiger partial charge in [-0.05, 0) is 49.2 Å². The SMILES string of the molecule is CN(CCOc1ccccc1F)C(=O)c1ccc(NC(=O)C2CC2)cc1. The van der Waals surface area contributed by atoms with Crippen LogP contribution in [0.25, 0.3) is 0 Å². The Morgan fingerprint density at radius 3 is 2.50 bits per heavy atom. The highest BCUT2D eigenvalue weighted by Gasteiger charge is 2.29. The van der Waals surface area contributed by atoms with Crippen LogP contribution in [0.1, 0.15) is 23.2 Å². The van der Waals surface area contributed by atoms with E-state index in [1.54, 1.807) is 49.5 Å². The topological polar surface area (TPSA) is 58.6 Å². The van der Waals surface area contributed by atoms with Crippen molar-refractivity contribution in [1.82, 2.24) is 4.90 Å². The minimum atomic E-state index is -0.426. The van der Waals surface area contributed by atoms with Gasteiger partial charge < -0.3 is 15.0 Å². The molecule has 0 aromatic heterocycles. The Balaban J connectivity index is 1.49. The van der Waals surface area contributed by atoms with Crippen molar-refractivity contribution in [3.05, 3.63) is 59.9 Å². The summed E-state index contributed by atoms with van der Waals surface area (Å²) in [7, 11) is 1.66. The number of anilines is 1. The predicted octanol–water partition coefficient (Wildman–Crippen LogP) is 3.33. The fourth-order valence-corrected chi connectivity index (χ4v) is 2.46. The molecule has 0 spiro atoms. The molecule has 26 heavy (non-hydrogen) atoms. The molecule has 2 aromatic rings. The quantitative estimate of drug-likeness (QED) is 0.828. The number of benzene rings is 2. The van der Waals surface area contributed by atoms with Crippen LogP contribution < -0.4 is 10.1 Å². The molecule has 0 heterocycles. The molecule has 1 fully saturated rings. The van der Waals surface area contributed by atoms with Gasteiger partial charge in [-0.3, -0.25) is 9.59 Å². The van der Waals surface area contributed by atoms with Crippen LogP contribution in [0.5, 0.6) is 5.75 Å². The highest BCUT2D eigenvalue weighted by molar-refractivity contribution is 5.96. The van der Waals surface area contributed by atoms with Gasteiger partial charge in [0.1, 0.15) is 6.61 Å². The van der Waals surface area contributed by atoms with Crippen molar-refractivity contribution >= 4 is 17.5 Å². The molecule has 6 heteroatoms. The Hall–Kier alpha value is -2.89. The third kappa shape index (κ3) is 4.59. The molecule has 1 saturated carbocycles. The fourth-order valence-electron chi connectivity index (χ4n) is 2.46. The van der Waals surface area contributed by atoms with Crippen molar-refractivity contribution in [3.63, 3.8) is 0 Å². The maximum atomic E-state index is 13.5. The number of halogens is 1. The number of carbonyl (C=O) groups is 2. The van der Waals surface area contributed by atoms with Crippen LogP contribution in [0.4, 0.5) is 10.1 Å². The number of nitrogens with one attached hydrogen (secondary N) is 1. The minimum Gasteiger partial charge on any atom is -0.489 e. The Bertz CT molecular complexity index is 788. The Morgan fingerprint density at radius 2 is 1.85 bits per heavy atom. The maximum absolute atomic E-state index is 13.5. The van der Waals surface area contributed by atoms with Crippen LogP contribution in [0.3, 0.4) is 0 Å². The van der Waals surface area contributed by atoms with E-state index >= 15 is 0 Å². The van der Waals surface area contributed by atoms with Crippen LogP contribution in [0, 0.1) is 11.7 Å². The normalized spacial score (nSPS) is 13.2. The summed E-state index contributed by atoms with van der Waals surface area (Å²) in [5, 5.41) is 2.84. The third-order valence-corrected chi connectivity index (χ3v) is 4.22. The van der Waals surface area contributed by atoms with Crippen molar-refractivity contribution in [2.75, 3.05) is 25.5 Å². The lowest BCUT2D eigenvalue weighted by molar-refractivity contribution is -0.117. The van der Waals surface area contributed by atoms with Crippen LogP contribution in [-0.2, 0) is 4.79 Å². The van der Waals surface area contributed by atoms with Gasteiger partial charge in [0.2, 0.25) is 5.91 Å². The van der Waals surface area contributed by atoms with E-state index < -0.39 is 5.82 Å². The summed E-state index contributed by atoms with van der Waals surface area (Å²) in [5.41, 5.74) is 1.20. The summed E-state index contributed by atoms with van der Waals surface area (Å²) >= 11 is 0. The van der Waals surface area contributed by atoms with Crippen molar-refractivity contribution in [2.24, 2.45) is 5.92 Å². The Morgan fingerprint density at radius 1 is 1.15 bits per heavy atom. The van der Waals surface area contributed by atoms with Gasteiger partial charge in [-0.25, -0.2) is 4.39 Å². The fraction of sp³-hybridized carbons (Fsp3) is 0.300. The van der Waals surface area contributed by atoms with Crippen LogP contribution in [0.2, 0.25) is 0 Å². The summed E-state index contributed by atoms with van der Waals surface area (Å²) in [6.07, 6.45) is 1.89. The molecule has 0 atom stereocenters. The van der Waals surface area contributed by atoms with Crippen LogP contribution in [0.15, 0.2) is 48.5 Å². The number of amides is 2. The van der Waals surface area contributed by atoms with Gasteiger partial charge in [0.15, 0.2) is 11.6 Å². The molecule has 3 rings (SSSR count). The smallest absolute Gasteiger partial charge is 0.253 e. The van der Waals surface area contributed by atoms with Crippen molar-refractivity contribution < 1.29 is 18.7 Å². The molecule has 1 N–H and O–H groups in total. The number of hydrogen-bond acceptors (Lipinski definition) is 3. The standard InChI is InChI=1S/C20H21FN2O3/c1-23(12-13-26-18-5-3-2-4-17(18)21)20(25)15-8-10-16(11-9-15)22-19(24)14-6-7-14/h2-5,8-11,14H,6-7,12-13H2,1H3,(H,22,24). The zero-order chi connectivity index (χ0) is 18.5. The Labute approximate surface area is 151 Å². The lowest BCUT2D eigenvalue weighted by atomic mass is 10.2. The summed E-state index contributed by atoms with van der Waals surface area (Å²) < 4.78 is 18.9. The van der Waals surface area contributed by atoms with E-state index in [1.165, 1.54) is 11.0 Å². The largest absolute Gasteiger partial charge is 0.489 e.